The Labute approximate surface area is 159 Å². The van der Waals surface area contributed by atoms with Crippen LogP contribution in [-0.2, 0) is 4.79 Å². The first-order valence-corrected chi connectivity index (χ1v) is 10.5. The maximum absolute atomic E-state index is 10.4. The van der Waals surface area contributed by atoms with Gasteiger partial charge in [0.05, 0.1) is 0 Å². The highest BCUT2D eigenvalue weighted by Crippen LogP contribution is 2.53. The predicted molar refractivity (Wildman–Crippen MR) is 110 cm³/mol. The van der Waals surface area contributed by atoms with Gasteiger partial charge in [0.25, 0.3) is 0 Å². The van der Waals surface area contributed by atoms with Crippen molar-refractivity contribution in [1.29, 1.82) is 0 Å². The smallest absolute Gasteiger partial charge is 0.303 e. The Bertz CT molecular complexity index is 543. The Morgan fingerprint density at radius 2 is 1.42 bits per heavy atom. The van der Waals surface area contributed by atoms with Crippen molar-refractivity contribution in [3.05, 3.63) is 48.6 Å². The quantitative estimate of drug-likeness (QED) is 0.269. The number of hydrogen-bond acceptors (Lipinski definition) is 1. The Kier molecular flexibility index (Phi) is 8.41. The molecule has 2 rings (SSSR count). The molecule has 0 aliphatic heterocycles. The molecule has 0 spiro atoms. The monoisotopic (exact) mass is 356 g/mol. The van der Waals surface area contributed by atoms with E-state index in [1.165, 1.54) is 51.4 Å². The molecule has 0 aromatic rings. The minimum atomic E-state index is -0.704. The standard InChI is InChI=1S/C24H36O2/c1-2-3-4-8-11-14-23(16-17-23)18-19-24(20-21-24)15-12-9-6-5-7-10-13-22(25)26/h5-6,11-12,14-15,18-19H,2-4,7-10,13,16-17,20-21H2,1H3,(H,25,26)/b6-5-,14-11-,15-12-,19-18-. The van der Waals surface area contributed by atoms with Gasteiger partial charge in [-0.25, -0.2) is 0 Å². The fourth-order valence-electron chi connectivity index (χ4n) is 3.20. The Morgan fingerprint density at radius 1 is 0.808 bits per heavy atom. The molecule has 0 unspecified atom stereocenters. The summed E-state index contributed by atoms with van der Waals surface area (Å²) in [6, 6.07) is 0. The largest absolute Gasteiger partial charge is 0.481 e. The van der Waals surface area contributed by atoms with Crippen LogP contribution in [0, 0.1) is 10.8 Å². The zero-order valence-corrected chi connectivity index (χ0v) is 16.5. The molecule has 2 fully saturated rings. The van der Waals surface area contributed by atoms with Gasteiger partial charge in [0.15, 0.2) is 0 Å². The van der Waals surface area contributed by atoms with Crippen LogP contribution in [0.2, 0.25) is 0 Å². The van der Waals surface area contributed by atoms with Crippen LogP contribution >= 0.6 is 0 Å². The lowest BCUT2D eigenvalue weighted by Crippen LogP contribution is -1.94. The SMILES string of the molecule is CCCCC/C=C\C1(/C=C\C2(/C=C\C/C=C\CCCC(=O)O)CC2)CC1. The molecule has 0 saturated heterocycles. The lowest BCUT2D eigenvalue weighted by atomic mass is 9.98. The van der Waals surface area contributed by atoms with Crippen LogP contribution < -0.4 is 0 Å². The predicted octanol–water partition coefficient (Wildman–Crippen LogP) is 7.00. The first-order chi connectivity index (χ1) is 12.6. The summed E-state index contributed by atoms with van der Waals surface area (Å²) in [5.41, 5.74) is 0.697. The van der Waals surface area contributed by atoms with Gasteiger partial charge in [-0.3, -0.25) is 4.79 Å². The number of allylic oxidation sites excluding steroid dienone is 8. The number of carbonyl (C=O) groups is 1. The molecule has 0 amide bonds. The second kappa shape index (κ2) is 10.5. The van der Waals surface area contributed by atoms with E-state index in [0.29, 0.717) is 10.8 Å². The summed E-state index contributed by atoms with van der Waals surface area (Å²) in [6.45, 7) is 2.26. The van der Waals surface area contributed by atoms with Gasteiger partial charge in [0, 0.05) is 17.3 Å². The second-order valence-electron chi connectivity index (χ2n) is 8.09. The fraction of sp³-hybridized carbons (Fsp3) is 0.625. The van der Waals surface area contributed by atoms with E-state index in [2.05, 4.69) is 55.5 Å². The van der Waals surface area contributed by atoms with Crippen LogP contribution in [0.25, 0.3) is 0 Å². The van der Waals surface area contributed by atoms with Gasteiger partial charge in [-0.05, 0) is 57.8 Å². The first-order valence-electron chi connectivity index (χ1n) is 10.5. The third-order valence-corrected chi connectivity index (χ3v) is 5.48. The molecule has 2 saturated carbocycles. The number of aliphatic carboxylic acids is 1. The molecule has 26 heavy (non-hydrogen) atoms. The number of carboxylic acids is 1. The third-order valence-electron chi connectivity index (χ3n) is 5.48. The first kappa shape index (κ1) is 20.7. The highest BCUT2D eigenvalue weighted by molar-refractivity contribution is 5.66. The molecule has 2 nitrogen and oxygen atoms in total. The molecule has 0 radical (unpaired) electrons. The molecule has 1 N–H and O–H groups in total. The van der Waals surface area contributed by atoms with Gasteiger partial charge in [0.2, 0.25) is 0 Å². The zero-order valence-electron chi connectivity index (χ0n) is 16.5. The number of hydrogen-bond donors (Lipinski definition) is 1. The van der Waals surface area contributed by atoms with E-state index in [9.17, 15) is 4.79 Å². The highest BCUT2D eigenvalue weighted by Gasteiger charge is 2.41. The molecule has 2 heteroatoms. The van der Waals surface area contributed by atoms with Crippen molar-refractivity contribution in [2.45, 2.75) is 84.0 Å². The summed E-state index contributed by atoms with van der Waals surface area (Å²) in [6.07, 6.45) is 31.9. The van der Waals surface area contributed by atoms with Gasteiger partial charge in [-0.1, -0.05) is 68.4 Å². The summed E-state index contributed by atoms with van der Waals surface area (Å²) in [5.74, 6) is -0.704. The minimum absolute atomic E-state index is 0.267. The molecule has 0 aromatic heterocycles. The van der Waals surface area contributed by atoms with Crippen molar-refractivity contribution in [3.8, 4) is 0 Å². The molecule has 144 valence electrons. The highest BCUT2D eigenvalue weighted by atomic mass is 16.4. The van der Waals surface area contributed by atoms with E-state index in [4.69, 9.17) is 5.11 Å². The van der Waals surface area contributed by atoms with E-state index in [1.807, 2.05) is 0 Å². The van der Waals surface area contributed by atoms with Crippen LogP contribution in [0.3, 0.4) is 0 Å². The van der Waals surface area contributed by atoms with Crippen molar-refractivity contribution in [2.24, 2.45) is 10.8 Å². The summed E-state index contributed by atoms with van der Waals surface area (Å²) >= 11 is 0. The Balaban J connectivity index is 1.67. The lowest BCUT2D eigenvalue weighted by Gasteiger charge is -2.07. The Hall–Kier alpha value is -1.57. The molecule has 0 atom stereocenters. The van der Waals surface area contributed by atoms with Crippen molar-refractivity contribution < 1.29 is 9.90 Å². The molecule has 2 aliphatic carbocycles. The maximum atomic E-state index is 10.4. The van der Waals surface area contributed by atoms with Crippen LogP contribution in [0.4, 0.5) is 0 Å². The van der Waals surface area contributed by atoms with Crippen LogP contribution in [0.15, 0.2) is 48.6 Å². The number of unbranched alkanes of at least 4 members (excludes halogenated alkanes) is 4. The topological polar surface area (TPSA) is 37.3 Å². The normalized spacial score (nSPS) is 20.7. The van der Waals surface area contributed by atoms with Gasteiger partial charge < -0.3 is 5.11 Å². The van der Waals surface area contributed by atoms with Crippen molar-refractivity contribution in [3.63, 3.8) is 0 Å². The van der Waals surface area contributed by atoms with Gasteiger partial charge >= 0.3 is 5.97 Å². The van der Waals surface area contributed by atoms with Gasteiger partial charge in [-0.2, -0.15) is 0 Å². The third kappa shape index (κ3) is 8.21. The summed E-state index contributed by atoms with van der Waals surface area (Å²) in [5, 5.41) is 8.60. The minimum Gasteiger partial charge on any atom is -0.481 e. The van der Waals surface area contributed by atoms with Gasteiger partial charge in [-0.15, -0.1) is 0 Å². The summed E-state index contributed by atoms with van der Waals surface area (Å²) in [4.78, 5) is 10.4. The molecular weight excluding hydrogens is 320 g/mol. The number of rotatable bonds is 14. The van der Waals surface area contributed by atoms with Gasteiger partial charge in [0.1, 0.15) is 0 Å². The number of carboxylic acid groups (broad SMARTS) is 1. The lowest BCUT2D eigenvalue weighted by molar-refractivity contribution is -0.137. The molecule has 0 aromatic carbocycles. The molecule has 0 bridgehead atoms. The van der Waals surface area contributed by atoms with Crippen LogP contribution in [0.1, 0.15) is 84.0 Å². The van der Waals surface area contributed by atoms with E-state index in [0.717, 1.165) is 19.3 Å². The fourth-order valence-corrected chi connectivity index (χ4v) is 3.20. The van der Waals surface area contributed by atoms with Crippen LogP contribution in [0.5, 0.6) is 0 Å². The average Bonchev–Trinajstić information content (AvgIpc) is 3.53. The maximum Gasteiger partial charge on any atom is 0.303 e. The average molecular weight is 357 g/mol. The molecule has 2 aliphatic rings. The molecular formula is C24H36O2. The van der Waals surface area contributed by atoms with E-state index < -0.39 is 5.97 Å². The van der Waals surface area contributed by atoms with Crippen molar-refractivity contribution in [1.82, 2.24) is 0 Å². The molecule has 0 heterocycles. The zero-order chi connectivity index (χ0) is 18.7. The summed E-state index contributed by atoms with van der Waals surface area (Å²) in [7, 11) is 0. The van der Waals surface area contributed by atoms with E-state index in [-0.39, 0.29) is 6.42 Å². The summed E-state index contributed by atoms with van der Waals surface area (Å²) < 4.78 is 0. The van der Waals surface area contributed by atoms with Crippen molar-refractivity contribution in [2.75, 3.05) is 0 Å². The van der Waals surface area contributed by atoms with Crippen LogP contribution in [-0.4, -0.2) is 11.1 Å². The second-order valence-corrected chi connectivity index (χ2v) is 8.09. The van der Waals surface area contributed by atoms with Crippen molar-refractivity contribution >= 4 is 5.97 Å². The van der Waals surface area contributed by atoms with E-state index >= 15 is 0 Å². The van der Waals surface area contributed by atoms with E-state index in [1.54, 1.807) is 0 Å². The Morgan fingerprint density at radius 3 is 2.00 bits per heavy atom.